The van der Waals surface area contributed by atoms with Crippen LogP contribution in [0.1, 0.15) is 44.1 Å². The van der Waals surface area contributed by atoms with E-state index in [4.69, 9.17) is 10.7 Å². The van der Waals surface area contributed by atoms with Crippen LogP contribution >= 0.6 is 10.7 Å². The molecule has 0 heterocycles. The van der Waals surface area contributed by atoms with Gasteiger partial charge in [-0.1, -0.05) is 42.8 Å². The van der Waals surface area contributed by atoms with E-state index in [1.54, 1.807) is 0 Å². The fraction of sp³-hybridized carbons (Fsp3) is 0.429. The molecule has 0 radical (unpaired) electrons. The Morgan fingerprint density at radius 3 is 2.50 bits per heavy atom. The van der Waals surface area contributed by atoms with E-state index in [1.807, 2.05) is 25.1 Å². The number of rotatable bonds is 3. The number of hydrogen-bond acceptors (Lipinski definition) is 2. The Kier molecular flexibility index (Phi) is 4.13. The van der Waals surface area contributed by atoms with Crippen LogP contribution in [0.15, 0.2) is 40.8 Å². The second-order valence-electron chi connectivity index (χ2n) is 4.67. The van der Waals surface area contributed by atoms with Crippen molar-refractivity contribution in [2.75, 3.05) is 0 Å². The Labute approximate surface area is 113 Å². The highest BCUT2D eigenvalue weighted by molar-refractivity contribution is 8.16. The summed E-state index contributed by atoms with van der Waals surface area (Å²) in [6, 6.07) is 10.3. The molecule has 0 bridgehead atoms. The average Bonchev–Trinajstić information content (AvgIpc) is 2.38. The van der Waals surface area contributed by atoms with Crippen LogP contribution in [0.3, 0.4) is 0 Å². The van der Waals surface area contributed by atoms with Gasteiger partial charge in [0.05, 0.1) is 4.91 Å². The zero-order chi connectivity index (χ0) is 13.2. The Morgan fingerprint density at radius 1 is 1.28 bits per heavy atom. The van der Waals surface area contributed by atoms with Crippen molar-refractivity contribution in [2.24, 2.45) is 0 Å². The third-order valence-corrected chi connectivity index (χ3v) is 5.24. The van der Waals surface area contributed by atoms with Crippen molar-refractivity contribution < 1.29 is 8.42 Å². The van der Waals surface area contributed by atoms with Crippen molar-refractivity contribution in [3.8, 4) is 0 Å². The molecule has 1 aromatic rings. The zero-order valence-electron chi connectivity index (χ0n) is 10.4. The Bertz CT molecular complexity index is 546. The molecule has 1 unspecified atom stereocenters. The Hall–Kier alpha value is -0.800. The van der Waals surface area contributed by atoms with Crippen LogP contribution in [0, 0.1) is 0 Å². The summed E-state index contributed by atoms with van der Waals surface area (Å²) in [6.07, 6.45) is 2.98. The van der Waals surface area contributed by atoms with Crippen molar-refractivity contribution in [3.63, 3.8) is 0 Å². The van der Waals surface area contributed by atoms with Gasteiger partial charge in [0.1, 0.15) is 0 Å². The lowest BCUT2D eigenvalue weighted by Gasteiger charge is -2.26. The minimum atomic E-state index is -3.54. The summed E-state index contributed by atoms with van der Waals surface area (Å²) in [5, 5.41) is 0. The summed E-state index contributed by atoms with van der Waals surface area (Å²) in [4.78, 5) is 0.457. The first-order valence-corrected chi connectivity index (χ1v) is 8.53. The molecule has 0 spiro atoms. The van der Waals surface area contributed by atoms with Gasteiger partial charge in [0.25, 0.3) is 9.05 Å². The van der Waals surface area contributed by atoms with Crippen LogP contribution < -0.4 is 0 Å². The zero-order valence-corrected chi connectivity index (χ0v) is 12.0. The molecular formula is C14H17ClO2S. The second kappa shape index (κ2) is 5.45. The molecule has 0 fully saturated rings. The van der Waals surface area contributed by atoms with Gasteiger partial charge in [0, 0.05) is 10.7 Å². The van der Waals surface area contributed by atoms with E-state index >= 15 is 0 Å². The van der Waals surface area contributed by atoms with Crippen LogP contribution in [0.25, 0.3) is 0 Å². The van der Waals surface area contributed by atoms with E-state index < -0.39 is 9.05 Å². The molecular weight excluding hydrogens is 268 g/mol. The normalized spacial score (nSPS) is 21.1. The van der Waals surface area contributed by atoms with Gasteiger partial charge in [0.15, 0.2) is 0 Å². The van der Waals surface area contributed by atoms with E-state index in [9.17, 15) is 8.42 Å². The number of benzene rings is 1. The van der Waals surface area contributed by atoms with Crippen molar-refractivity contribution in [1.29, 1.82) is 0 Å². The quantitative estimate of drug-likeness (QED) is 0.780. The molecule has 1 aliphatic carbocycles. The lowest BCUT2D eigenvalue weighted by atomic mass is 9.83. The van der Waals surface area contributed by atoms with Crippen molar-refractivity contribution >= 4 is 19.7 Å². The summed E-state index contributed by atoms with van der Waals surface area (Å²) < 4.78 is 23.0. The van der Waals surface area contributed by atoms with Gasteiger partial charge in [-0.15, -0.1) is 0 Å². The fourth-order valence-electron chi connectivity index (χ4n) is 2.64. The first-order valence-electron chi connectivity index (χ1n) is 6.23. The van der Waals surface area contributed by atoms with Gasteiger partial charge in [0.2, 0.25) is 0 Å². The minimum Gasteiger partial charge on any atom is -0.207 e. The van der Waals surface area contributed by atoms with Crippen LogP contribution in [-0.2, 0) is 9.05 Å². The molecule has 2 nitrogen and oxygen atoms in total. The molecule has 0 aliphatic heterocycles. The highest BCUT2D eigenvalue weighted by atomic mass is 35.7. The summed E-state index contributed by atoms with van der Waals surface area (Å²) in [6.45, 7) is 1.99. The molecule has 1 atom stereocenters. The number of halogens is 1. The predicted molar refractivity (Wildman–Crippen MR) is 75.1 cm³/mol. The topological polar surface area (TPSA) is 34.1 Å². The number of allylic oxidation sites excluding steroid dienone is 2. The highest BCUT2D eigenvalue weighted by Gasteiger charge is 2.27. The van der Waals surface area contributed by atoms with Crippen molar-refractivity contribution in [2.45, 2.75) is 38.5 Å². The first kappa shape index (κ1) is 13.6. The smallest absolute Gasteiger partial charge is 0.207 e. The van der Waals surface area contributed by atoms with Crippen LogP contribution in [0.4, 0.5) is 0 Å². The maximum atomic E-state index is 11.5. The SMILES string of the molecule is CCC1=C(S(=O)(=O)Cl)CCC(c2ccccc2)C1. The van der Waals surface area contributed by atoms with E-state index in [1.165, 1.54) is 5.56 Å². The largest absolute Gasteiger partial charge is 0.257 e. The number of hydrogen-bond donors (Lipinski definition) is 0. The van der Waals surface area contributed by atoms with Crippen LogP contribution in [-0.4, -0.2) is 8.42 Å². The third kappa shape index (κ3) is 2.96. The van der Waals surface area contributed by atoms with Crippen molar-refractivity contribution in [1.82, 2.24) is 0 Å². The minimum absolute atomic E-state index is 0.420. The van der Waals surface area contributed by atoms with Gasteiger partial charge in [-0.25, -0.2) is 8.42 Å². The molecule has 0 aromatic heterocycles. The van der Waals surface area contributed by atoms with Crippen molar-refractivity contribution in [3.05, 3.63) is 46.4 Å². The first-order chi connectivity index (χ1) is 8.52. The lowest BCUT2D eigenvalue weighted by molar-refractivity contribution is 0.566. The van der Waals surface area contributed by atoms with Gasteiger partial charge < -0.3 is 0 Å². The molecule has 0 saturated carbocycles. The summed E-state index contributed by atoms with van der Waals surface area (Å²) in [5.41, 5.74) is 2.28. The van der Waals surface area contributed by atoms with Crippen LogP contribution in [0.5, 0.6) is 0 Å². The standard InChI is InChI=1S/C14H17ClO2S/c1-2-11-10-13(12-6-4-3-5-7-12)8-9-14(11)18(15,16)17/h3-7,13H,2,8-10H2,1H3. The van der Waals surface area contributed by atoms with E-state index in [0.717, 1.165) is 24.8 Å². The second-order valence-corrected chi connectivity index (χ2v) is 7.26. The molecule has 98 valence electrons. The molecule has 0 amide bonds. The predicted octanol–water partition coefficient (Wildman–Crippen LogP) is 4.19. The Balaban J connectivity index is 2.29. The molecule has 2 rings (SSSR count). The summed E-state index contributed by atoms with van der Waals surface area (Å²) >= 11 is 0. The third-order valence-electron chi connectivity index (χ3n) is 3.60. The maximum Gasteiger partial charge on any atom is 0.257 e. The summed E-state index contributed by atoms with van der Waals surface area (Å²) in [7, 11) is 1.95. The van der Waals surface area contributed by atoms with E-state index in [-0.39, 0.29) is 0 Å². The van der Waals surface area contributed by atoms with Gasteiger partial charge in [-0.05, 0) is 37.2 Å². The lowest BCUT2D eigenvalue weighted by Crippen LogP contribution is -2.12. The maximum absolute atomic E-state index is 11.5. The molecule has 18 heavy (non-hydrogen) atoms. The summed E-state index contributed by atoms with van der Waals surface area (Å²) in [5.74, 6) is 0.420. The molecule has 1 aromatic carbocycles. The molecule has 4 heteroatoms. The Morgan fingerprint density at radius 2 is 1.94 bits per heavy atom. The molecule has 0 N–H and O–H groups in total. The fourth-order valence-corrected chi connectivity index (χ4v) is 4.13. The average molecular weight is 285 g/mol. The van der Waals surface area contributed by atoms with E-state index in [0.29, 0.717) is 17.2 Å². The monoisotopic (exact) mass is 284 g/mol. The molecule has 1 aliphatic rings. The van der Waals surface area contributed by atoms with Gasteiger partial charge in [-0.3, -0.25) is 0 Å². The van der Waals surface area contributed by atoms with Gasteiger partial charge >= 0.3 is 0 Å². The van der Waals surface area contributed by atoms with Gasteiger partial charge in [-0.2, -0.15) is 0 Å². The molecule has 0 saturated heterocycles. The highest BCUT2D eigenvalue weighted by Crippen LogP contribution is 2.40. The van der Waals surface area contributed by atoms with E-state index in [2.05, 4.69) is 12.1 Å². The van der Waals surface area contributed by atoms with Crippen LogP contribution in [0.2, 0.25) is 0 Å².